The van der Waals surface area contributed by atoms with Gasteiger partial charge >= 0.3 is 0 Å². The molecule has 0 fully saturated rings. The SMILES string of the molecule is CC(C)NCCC[N+](=O)[O-]. The maximum absolute atomic E-state index is 9.82. The van der Waals surface area contributed by atoms with Gasteiger partial charge in [-0.2, -0.15) is 0 Å². The van der Waals surface area contributed by atoms with Gasteiger partial charge in [0.2, 0.25) is 6.54 Å². The molecule has 1 N–H and O–H groups in total. The Labute approximate surface area is 60.8 Å². The molecule has 0 bridgehead atoms. The lowest BCUT2D eigenvalue weighted by Crippen LogP contribution is -2.25. The van der Waals surface area contributed by atoms with E-state index in [-0.39, 0.29) is 11.5 Å². The quantitative estimate of drug-likeness (QED) is 0.352. The molecule has 0 aromatic rings. The molecule has 0 aliphatic heterocycles. The molecule has 10 heavy (non-hydrogen) atoms. The number of hydrogen-bond acceptors (Lipinski definition) is 3. The van der Waals surface area contributed by atoms with Crippen molar-refractivity contribution in [2.45, 2.75) is 26.3 Å². The Morgan fingerprint density at radius 3 is 2.60 bits per heavy atom. The van der Waals surface area contributed by atoms with Gasteiger partial charge in [-0.05, 0) is 0 Å². The van der Waals surface area contributed by atoms with E-state index < -0.39 is 0 Å². The summed E-state index contributed by atoms with van der Waals surface area (Å²) in [6.45, 7) is 4.84. The molecule has 0 saturated heterocycles. The molecule has 0 aliphatic rings. The maximum atomic E-state index is 9.82. The summed E-state index contributed by atoms with van der Waals surface area (Å²) in [5.74, 6) is 0. The van der Waals surface area contributed by atoms with Gasteiger partial charge in [-0.1, -0.05) is 13.8 Å². The second-order valence-electron chi connectivity index (χ2n) is 2.52. The zero-order chi connectivity index (χ0) is 7.98. The number of nitrogens with one attached hydrogen (secondary N) is 1. The van der Waals surface area contributed by atoms with Crippen molar-refractivity contribution in [1.82, 2.24) is 5.32 Å². The first-order chi connectivity index (χ1) is 4.63. The molecular formula is C6H14N2O2. The summed E-state index contributed by atoms with van der Waals surface area (Å²) in [5, 5.41) is 12.9. The van der Waals surface area contributed by atoms with Crippen LogP contribution in [-0.4, -0.2) is 24.1 Å². The Morgan fingerprint density at radius 1 is 1.60 bits per heavy atom. The van der Waals surface area contributed by atoms with Gasteiger partial charge in [0.1, 0.15) is 0 Å². The van der Waals surface area contributed by atoms with Crippen molar-refractivity contribution in [3.8, 4) is 0 Å². The van der Waals surface area contributed by atoms with E-state index in [9.17, 15) is 10.1 Å². The van der Waals surface area contributed by atoms with E-state index in [0.717, 1.165) is 6.54 Å². The highest BCUT2D eigenvalue weighted by Gasteiger charge is 1.96. The standard InChI is InChI=1S/C6H14N2O2/c1-6(2)7-4-3-5-8(9)10/h6-7H,3-5H2,1-2H3. The highest BCUT2D eigenvalue weighted by molar-refractivity contribution is 4.51. The van der Waals surface area contributed by atoms with Crippen LogP contribution >= 0.6 is 0 Å². The Morgan fingerprint density at radius 2 is 2.20 bits per heavy atom. The first kappa shape index (κ1) is 9.36. The second kappa shape index (κ2) is 5.17. The molecule has 60 valence electrons. The summed E-state index contributed by atoms with van der Waals surface area (Å²) in [6.07, 6.45) is 0.616. The van der Waals surface area contributed by atoms with Gasteiger partial charge in [0.25, 0.3) is 0 Å². The predicted molar refractivity (Wildman–Crippen MR) is 39.6 cm³/mol. The van der Waals surface area contributed by atoms with Gasteiger partial charge in [0, 0.05) is 23.9 Å². The van der Waals surface area contributed by atoms with E-state index in [1.54, 1.807) is 0 Å². The van der Waals surface area contributed by atoms with Crippen LogP contribution in [0.5, 0.6) is 0 Å². The van der Waals surface area contributed by atoms with E-state index >= 15 is 0 Å². The van der Waals surface area contributed by atoms with E-state index in [1.807, 2.05) is 13.8 Å². The highest BCUT2D eigenvalue weighted by Crippen LogP contribution is 1.80. The number of rotatable bonds is 5. The lowest BCUT2D eigenvalue weighted by molar-refractivity contribution is -0.480. The largest absolute Gasteiger partial charge is 0.314 e. The molecule has 0 aromatic heterocycles. The minimum atomic E-state index is -0.290. The molecule has 0 saturated carbocycles. The van der Waals surface area contributed by atoms with Crippen molar-refractivity contribution in [3.63, 3.8) is 0 Å². The minimum absolute atomic E-state index is 0.0692. The molecular weight excluding hydrogens is 132 g/mol. The second-order valence-corrected chi connectivity index (χ2v) is 2.52. The van der Waals surface area contributed by atoms with E-state index in [2.05, 4.69) is 5.32 Å². The van der Waals surface area contributed by atoms with Crippen LogP contribution in [0, 0.1) is 10.1 Å². The smallest absolute Gasteiger partial charge is 0.205 e. The number of nitrogens with zero attached hydrogens (tertiary/aromatic N) is 1. The van der Waals surface area contributed by atoms with Crippen molar-refractivity contribution in [3.05, 3.63) is 10.1 Å². The topological polar surface area (TPSA) is 55.2 Å². The Kier molecular flexibility index (Phi) is 4.84. The minimum Gasteiger partial charge on any atom is -0.314 e. The maximum Gasteiger partial charge on any atom is 0.205 e. The van der Waals surface area contributed by atoms with Crippen molar-refractivity contribution in [2.75, 3.05) is 13.1 Å². The molecule has 4 nitrogen and oxygen atoms in total. The van der Waals surface area contributed by atoms with Crippen LogP contribution < -0.4 is 5.32 Å². The normalized spacial score (nSPS) is 10.3. The Balaban J connectivity index is 2.98. The van der Waals surface area contributed by atoms with Crippen LogP contribution in [0.25, 0.3) is 0 Å². The van der Waals surface area contributed by atoms with E-state index in [4.69, 9.17) is 0 Å². The molecule has 0 aliphatic carbocycles. The fourth-order valence-corrected chi connectivity index (χ4v) is 0.599. The number of nitro groups is 1. The van der Waals surface area contributed by atoms with Crippen molar-refractivity contribution >= 4 is 0 Å². The molecule has 0 spiro atoms. The van der Waals surface area contributed by atoms with Crippen LogP contribution in [-0.2, 0) is 0 Å². The third-order valence-electron chi connectivity index (χ3n) is 1.07. The van der Waals surface area contributed by atoms with Crippen LogP contribution in [0.3, 0.4) is 0 Å². The van der Waals surface area contributed by atoms with Crippen molar-refractivity contribution in [1.29, 1.82) is 0 Å². The van der Waals surface area contributed by atoms with Crippen molar-refractivity contribution in [2.24, 2.45) is 0 Å². The first-order valence-corrected chi connectivity index (χ1v) is 3.48. The Bertz CT molecular complexity index is 104. The zero-order valence-corrected chi connectivity index (χ0v) is 6.46. The molecule has 0 rings (SSSR count). The van der Waals surface area contributed by atoms with Gasteiger partial charge < -0.3 is 5.32 Å². The molecule has 0 aromatic carbocycles. The Hall–Kier alpha value is -0.640. The lowest BCUT2D eigenvalue weighted by Gasteiger charge is -2.04. The molecule has 0 radical (unpaired) electrons. The summed E-state index contributed by atoms with van der Waals surface area (Å²) in [7, 11) is 0. The average Bonchev–Trinajstić information content (AvgIpc) is 1.79. The fourth-order valence-electron chi connectivity index (χ4n) is 0.599. The van der Waals surface area contributed by atoms with E-state index in [1.165, 1.54) is 0 Å². The van der Waals surface area contributed by atoms with Crippen LogP contribution in [0.4, 0.5) is 0 Å². The van der Waals surface area contributed by atoms with Gasteiger partial charge in [0.15, 0.2) is 0 Å². The van der Waals surface area contributed by atoms with Crippen LogP contribution in [0.15, 0.2) is 0 Å². The first-order valence-electron chi connectivity index (χ1n) is 3.48. The van der Waals surface area contributed by atoms with Crippen LogP contribution in [0.1, 0.15) is 20.3 Å². The van der Waals surface area contributed by atoms with E-state index in [0.29, 0.717) is 12.5 Å². The number of hydrogen-bond donors (Lipinski definition) is 1. The summed E-state index contributed by atoms with van der Waals surface area (Å²) >= 11 is 0. The fraction of sp³-hybridized carbons (Fsp3) is 1.00. The molecule has 0 heterocycles. The summed E-state index contributed by atoms with van der Waals surface area (Å²) in [5.41, 5.74) is 0. The third kappa shape index (κ3) is 7.36. The zero-order valence-electron chi connectivity index (χ0n) is 6.46. The molecule has 0 atom stereocenters. The highest BCUT2D eigenvalue weighted by atomic mass is 16.6. The molecule has 0 unspecified atom stereocenters. The van der Waals surface area contributed by atoms with Gasteiger partial charge in [-0.25, -0.2) is 0 Å². The van der Waals surface area contributed by atoms with Gasteiger partial charge in [-0.3, -0.25) is 10.1 Å². The van der Waals surface area contributed by atoms with Gasteiger partial charge in [-0.15, -0.1) is 0 Å². The summed E-state index contributed by atoms with van der Waals surface area (Å²) in [4.78, 5) is 9.53. The molecule has 0 amide bonds. The molecule has 4 heteroatoms. The average molecular weight is 146 g/mol. The summed E-state index contributed by atoms with van der Waals surface area (Å²) < 4.78 is 0. The summed E-state index contributed by atoms with van der Waals surface area (Å²) in [6, 6.07) is 0.423. The van der Waals surface area contributed by atoms with Crippen LogP contribution in [0.2, 0.25) is 0 Å². The van der Waals surface area contributed by atoms with Crippen molar-refractivity contribution < 1.29 is 4.92 Å². The lowest BCUT2D eigenvalue weighted by atomic mass is 10.3. The van der Waals surface area contributed by atoms with Gasteiger partial charge in [0.05, 0.1) is 0 Å². The predicted octanol–water partition coefficient (Wildman–Crippen LogP) is 0.651. The third-order valence-corrected chi connectivity index (χ3v) is 1.07. The monoisotopic (exact) mass is 146 g/mol.